The number of esters is 1. The van der Waals surface area contributed by atoms with Crippen LogP contribution in [0, 0.1) is 10.1 Å². The lowest BCUT2D eigenvalue weighted by molar-refractivity contribution is -0.385. The minimum absolute atomic E-state index is 0.185. The normalized spacial score (nSPS) is 13.6. The van der Waals surface area contributed by atoms with Crippen molar-refractivity contribution in [1.82, 2.24) is 4.90 Å². The van der Waals surface area contributed by atoms with E-state index in [9.17, 15) is 42.5 Å². The zero-order valence-electron chi connectivity index (χ0n) is 20.1. The van der Waals surface area contributed by atoms with E-state index in [1.165, 1.54) is 24.3 Å². The average Bonchev–Trinajstić information content (AvgIpc) is 3.16. The van der Waals surface area contributed by atoms with E-state index in [-0.39, 0.29) is 16.8 Å². The number of hydrogen-bond donors (Lipinski definition) is 1. The number of fused-ring (bicyclic) bond motifs is 1. The molecule has 0 aliphatic carbocycles. The fourth-order valence-electron chi connectivity index (χ4n) is 3.99. The van der Waals surface area contributed by atoms with Crippen LogP contribution in [-0.2, 0) is 20.5 Å². The number of alkyl halides is 3. The summed E-state index contributed by atoms with van der Waals surface area (Å²) >= 11 is 5.62. The van der Waals surface area contributed by atoms with Crippen molar-refractivity contribution in [3.63, 3.8) is 0 Å². The number of nitrogens with zero attached hydrogens (tertiary/aromatic N) is 2. The summed E-state index contributed by atoms with van der Waals surface area (Å²) in [5.74, 6) is -3.80. The molecule has 0 saturated heterocycles. The third-order valence-electron chi connectivity index (χ3n) is 5.84. The van der Waals surface area contributed by atoms with Crippen LogP contribution in [-0.4, -0.2) is 40.1 Å². The Morgan fingerprint density at radius 3 is 2.38 bits per heavy atom. The molecule has 3 aromatic rings. The standard InChI is InChI=1S/C26H17ClF3N3O7/c27-18-10-9-15(13-17(18)26(28,29)30)31-23(35)22(14-5-2-1-3-6-14)40-20(34)11-12-32-24(36)16-7-4-8-19(33(38)39)21(16)25(32)37/h1-10,13,22H,11-12H2,(H,31,35)/t22-/m1/s1. The lowest BCUT2D eigenvalue weighted by Crippen LogP contribution is -2.33. The second-order valence-electron chi connectivity index (χ2n) is 8.43. The van der Waals surface area contributed by atoms with Gasteiger partial charge in [-0.1, -0.05) is 48.0 Å². The maximum Gasteiger partial charge on any atom is 0.417 e. The monoisotopic (exact) mass is 575 g/mol. The van der Waals surface area contributed by atoms with Crippen LogP contribution in [0.15, 0.2) is 66.7 Å². The van der Waals surface area contributed by atoms with E-state index < -0.39 is 75.7 Å². The third-order valence-corrected chi connectivity index (χ3v) is 6.17. The molecule has 0 fully saturated rings. The topological polar surface area (TPSA) is 136 Å². The van der Waals surface area contributed by atoms with Crippen molar-refractivity contribution in [2.45, 2.75) is 18.7 Å². The number of nitro benzene ring substituents is 1. The number of carbonyl (C=O) groups is 4. The summed E-state index contributed by atoms with van der Waals surface area (Å²) in [4.78, 5) is 62.2. The number of amides is 3. The van der Waals surface area contributed by atoms with Crippen LogP contribution in [0.3, 0.4) is 0 Å². The van der Waals surface area contributed by atoms with Gasteiger partial charge in [-0.3, -0.25) is 34.2 Å². The van der Waals surface area contributed by atoms with Crippen molar-refractivity contribution in [1.29, 1.82) is 0 Å². The molecule has 40 heavy (non-hydrogen) atoms. The Morgan fingerprint density at radius 1 is 1.02 bits per heavy atom. The highest BCUT2D eigenvalue weighted by Gasteiger charge is 2.41. The molecule has 0 spiro atoms. The van der Waals surface area contributed by atoms with Gasteiger partial charge in [0.25, 0.3) is 23.4 Å². The first-order chi connectivity index (χ1) is 18.9. The first-order valence-electron chi connectivity index (χ1n) is 11.4. The number of benzene rings is 3. The molecule has 1 heterocycles. The summed E-state index contributed by atoms with van der Waals surface area (Å²) < 4.78 is 45.0. The Balaban J connectivity index is 1.49. The van der Waals surface area contributed by atoms with Crippen molar-refractivity contribution in [3.05, 3.63) is 104 Å². The number of rotatable bonds is 8. The molecule has 3 aromatic carbocycles. The minimum Gasteiger partial charge on any atom is -0.447 e. The molecule has 0 unspecified atom stereocenters. The van der Waals surface area contributed by atoms with Gasteiger partial charge in [-0.25, -0.2) is 0 Å². The summed E-state index contributed by atoms with van der Waals surface area (Å²) in [5.41, 5.74) is -2.39. The molecule has 3 amide bonds. The molecular weight excluding hydrogens is 559 g/mol. The van der Waals surface area contributed by atoms with E-state index >= 15 is 0 Å². The van der Waals surface area contributed by atoms with Crippen LogP contribution in [0.1, 0.15) is 44.4 Å². The SMILES string of the molecule is O=C(CCN1C(=O)c2cccc([N+](=O)[O-])c2C1=O)O[C@@H](C(=O)Nc1ccc(Cl)c(C(F)(F)F)c1)c1ccccc1. The third kappa shape index (κ3) is 5.78. The molecule has 206 valence electrons. The molecule has 0 bridgehead atoms. The Hall–Kier alpha value is -4.78. The maximum absolute atomic E-state index is 13.2. The number of carbonyl (C=O) groups excluding carboxylic acids is 4. The summed E-state index contributed by atoms with van der Waals surface area (Å²) in [6.07, 6.45) is -6.97. The van der Waals surface area contributed by atoms with E-state index in [0.29, 0.717) is 11.0 Å². The van der Waals surface area contributed by atoms with Crippen LogP contribution in [0.4, 0.5) is 24.5 Å². The van der Waals surface area contributed by atoms with Crippen molar-refractivity contribution >= 4 is 46.7 Å². The van der Waals surface area contributed by atoms with Crippen LogP contribution in [0.25, 0.3) is 0 Å². The van der Waals surface area contributed by atoms with Gasteiger partial charge in [0.05, 0.1) is 27.5 Å². The lowest BCUT2D eigenvalue weighted by Gasteiger charge is -2.20. The Kier molecular flexibility index (Phi) is 7.86. The summed E-state index contributed by atoms with van der Waals surface area (Å²) in [6, 6.07) is 13.9. The van der Waals surface area contributed by atoms with Crippen LogP contribution >= 0.6 is 11.6 Å². The van der Waals surface area contributed by atoms with Crippen molar-refractivity contribution in [2.24, 2.45) is 0 Å². The van der Waals surface area contributed by atoms with Gasteiger partial charge in [-0.05, 0) is 24.3 Å². The molecule has 1 aliphatic rings. The number of nitro groups is 1. The van der Waals surface area contributed by atoms with Crippen LogP contribution in [0.5, 0.6) is 0 Å². The zero-order chi connectivity index (χ0) is 29.2. The lowest BCUT2D eigenvalue weighted by atomic mass is 10.1. The number of halogens is 4. The second-order valence-corrected chi connectivity index (χ2v) is 8.84. The van der Waals surface area contributed by atoms with Gasteiger partial charge in [0, 0.05) is 23.9 Å². The largest absolute Gasteiger partial charge is 0.447 e. The van der Waals surface area contributed by atoms with Gasteiger partial charge in [0.1, 0.15) is 5.56 Å². The van der Waals surface area contributed by atoms with Gasteiger partial charge < -0.3 is 10.1 Å². The Morgan fingerprint density at radius 2 is 1.73 bits per heavy atom. The Bertz CT molecular complexity index is 1530. The molecular formula is C26H17ClF3N3O7. The van der Waals surface area contributed by atoms with Crippen molar-refractivity contribution in [3.8, 4) is 0 Å². The first-order valence-corrected chi connectivity index (χ1v) is 11.8. The summed E-state index contributed by atoms with van der Waals surface area (Å²) in [6.45, 7) is -0.502. The predicted molar refractivity (Wildman–Crippen MR) is 133 cm³/mol. The molecule has 0 saturated carbocycles. The number of hydrogen-bond acceptors (Lipinski definition) is 7. The molecule has 4 rings (SSSR count). The van der Waals surface area contributed by atoms with E-state index in [1.807, 2.05) is 0 Å². The van der Waals surface area contributed by atoms with Crippen LogP contribution < -0.4 is 5.32 Å². The number of anilines is 1. The molecule has 1 aliphatic heterocycles. The van der Waals surface area contributed by atoms with Gasteiger partial charge >= 0.3 is 12.1 Å². The molecule has 0 aromatic heterocycles. The summed E-state index contributed by atoms with van der Waals surface area (Å²) in [5, 5.41) is 13.0. The zero-order valence-corrected chi connectivity index (χ0v) is 20.9. The minimum atomic E-state index is -4.78. The van der Waals surface area contributed by atoms with Gasteiger partial charge in [0.2, 0.25) is 6.10 Å². The molecule has 1 atom stereocenters. The first kappa shape index (κ1) is 28.2. The Labute approximate surface area is 228 Å². The van der Waals surface area contributed by atoms with Gasteiger partial charge in [-0.2, -0.15) is 13.2 Å². The van der Waals surface area contributed by atoms with Crippen molar-refractivity contribution < 1.29 is 42.0 Å². The highest BCUT2D eigenvalue weighted by atomic mass is 35.5. The molecule has 14 heteroatoms. The maximum atomic E-state index is 13.2. The van der Waals surface area contributed by atoms with Crippen LogP contribution in [0.2, 0.25) is 5.02 Å². The van der Waals surface area contributed by atoms with E-state index in [0.717, 1.165) is 18.2 Å². The fraction of sp³-hybridized carbons (Fsp3) is 0.154. The van der Waals surface area contributed by atoms with E-state index in [1.54, 1.807) is 18.2 Å². The smallest absolute Gasteiger partial charge is 0.417 e. The number of nitrogens with one attached hydrogen (secondary N) is 1. The van der Waals surface area contributed by atoms with Gasteiger partial charge in [0.15, 0.2) is 0 Å². The number of ether oxygens (including phenoxy) is 1. The van der Waals surface area contributed by atoms with Crippen molar-refractivity contribution in [2.75, 3.05) is 11.9 Å². The van der Waals surface area contributed by atoms with E-state index in [4.69, 9.17) is 16.3 Å². The van der Waals surface area contributed by atoms with Gasteiger partial charge in [-0.15, -0.1) is 0 Å². The second kappa shape index (κ2) is 11.1. The van der Waals surface area contributed by atoms with E-state index in [2.05, 4.69) is 5.32 Å². The summed E-state index contributed by atoms with van der Waals surface area (Å²) in [7, 11) is 0. The highest BCUT2D eigenvalue weighted by Crippen LogP contribution is 2.36. The molecule has 10 nitrogen and oxygen atoms in total. The fourth-order valence-corrected chi connectivity index (χ4v) is 4.22. The highest BCUT2D eigenvalue weighted by molar-refractivity contribution is 6.31. The average molecular weight is 576 g/mol. The predicted octanol–water partition coefficient (Wildman–Crippen LogP) is 5.18. The number of imide groups is 1. The molecule has 1 N–H and O–H groups in total. The molecule has 0 radical (unpaired) electrons. The quantitative estimate of drug-likeness (QED) is 0.169.